The molecule has 1 saturated heterocycles. The van der Waals surface area contributed by atoms with Crippen LogP contribution in [-0.2, 0) is 9.59 Å². The number of hydrogen-bond donors (Lipinski definition) is 2. The van der Waals surface area contributed by atoms with Crippen LogP contribution in [0.3, 0.4) is 0 Å². The molecular weight excluding hydrogens is 440 g/mol. The van der Waals surface area contributed by atoms with Crippen LogP contribution in [0.25, 0.3) is 10.8 Å². The lowest BCUT2D eigenvalue weighted by atomic mass is 10.0. The van der Waals surface area contributed by atoms with Crippen LogP contribution < -0.4 is 15.4 Å². The van der Waals surface area contributed by atoms with Crippen LogP contribution in [0.5, 0.6) is 11.5 Å². The highest BCUT2D eigenvalue weighted by Crippen LogP contribution is 2.31. The zero-order valence-electron chi connectivity index (χ0n) is 17.8. The zero-order valence-corrected chi connectivity index (χ0v) is 18.7. The summed E-state index contributed by atoms with van der Waals surface area (Å²) in [5.41, 5.74) is 6.95. The molecule has 1 atom stereocenters. The van der Waals surface area contributed by atoms with Gasteiger partial charge in [-0.1, -0.05) is 42.1 Å². The van der Waals surface area contributed by atoms with Crippen molar-refractivity contribution < 1.29 is 19.4 Å². The predicted octanol–water partition coefficient (Wildman–Crippen LogP) is 3.66. The number of thioether (sulfide) groups is 1. The molecule has 1 fully saturated rings. The number of nitrogens with two attached hydrogens (primary N) is 1. The number of amidine groups is 1. The van der Waals surface area contributed by atoms with Crippen molar-refractivity contribution in [3.05, 3.63) is 66.2 Å². The summed E-state index contributed by atoms with van der Waals surface area (Å²) in [6, 6.07) is 17.8. The summed E-state index contributed by atoms with van der Waals surface area (Å²) < 4.78 is 5.40. The molecule has 0 aliphatic carbocycles. The van der Waals surface area contributed by atoms with E-state index >= 15 is 0 Å². The maximum absolute atomic E-state index is 12.8. The molecule has 33 heavy (non-hydrogen) atoms. The highest BCUT2D eigenvalue weighted by Gasteiger charge is 2.40. The minimum atomic E-state index is -0.686. The van der Waals surface area contributed by atoms with Crippen LogP contribution in [-0.4, -0.2) is 40.2 Å². The number of anilines is 1. The van der Waals surface area contributed by atoms with Gasteiger partial charge in [-0.15, -0.1) is 5.10 Å². The van der Waals surface area contributed by atoms with Gasteiger partial charge in [0.2, 0.25) is 11.8 Å². The number of nitrogens with zero attached hydrogens (tertiary/aromatic N) is 3. The Labute approximate surface area is 194 Å². The Hall–Kier alpha value is -3.85. The molecule has 0 radical (unpaired) electrons. The SMILES string of the molecule is CCOc1ccc(N2C(=O)CC(SC(N)=NN=Cc3c(O)ccc4ccccc34)C2=O)cc1. The Morgan fingerprint density at radius 2 is 1.94 bits per heavy atom. The van der Waals surface area contributed by atoms with Crippen molar-refractivity contribution in [3.8, 4) is 11.5 Å². The van der Waals surface area contributed by atoms with Gasteiger partial charge in [0.05, 0.1) is 18.5 Å². The molecule has 3 aromatic carbocycles. The number of amides is 2. The Morgan fingerprint density at radius 1 is 1.18 bits per heavy atom. The normalized spacial score (nSPS) is 16.8. The fourth-order valence-corrected chi connectivity index (χ4v) is 4.38. The molecule has 2 amide bonds. The summed E-state index contributed by atoms with van der Waals surface area (Å²) in [5.74, 6) is 0.0702. The summed E-state index contributed by atoms with van der Waals surface area (Å²) in [6.45, 7) is 2.41. The van der Waals surface area contributed by atoms with Crippen LogP contribution in [0.2, 0.25) is 0 Å². The third kappa shape index (κ3) is 4.83. The monoisotopic (exact) mass is 462 g/mol. The molecule has 1 aliphatic heterocycles. The van der Waals surface area contributed by atoms with Crippen LogP contribution in [0.15, 0.2) is 70.9 Å². The van der Waals surface area contributed by atoms with E-state index in [1.807, 2.05) is 37.3 Å². The number of rotatable bonds is 6. The van der Waals surface area contributed by atoms with E-state index < -0.39 is 5.25 Å². The molecule has 1 aliphatic rings. The number of phenols is 1. The first kappa shape index (κ1) is 22.3. The number of benzene rings is 3. The lowest BCUT2D eigenvalue weighted by molar-refractivity contribution is -0.121. The predicted molar refractivity (Wildman–Crippen MR) is 131 cm³/mol. The van der Waals surface area contributed by atoms with Crippen molar-refractivity contribution in [3.63, 3.8) is 0 Å². The molecule has 0 bridgehead atoms. The van der Waals surface area contributed by atoms with Crippen LogP contribution >= 0.6 is 11.8 Å². The quantitative estimate of drug-likeness (QED) is 0.250. The molecule has 3 N–H and O–H groups in total. The van der Waals surface area contributed by atoms with E-state index in [4.69, 9.17) is 10.5 Å². The van der Waals surface area contributed by atoms with Crippen molar-refractivity contribution in [2.24, 2.45) is 15.9 Å². The fourth-order valence-electron chi connectivity index (χ4n) is 3.56. The standard InChI is InChI=1S/C24H22N4O4S/c1-2-32-17-10-8-16(9-11-17)28-22(30)13-21(23(28)31)33-24(25)27-26-14-19-18-6-4-3-5-15(18)7-12-20(19)29/h3-12,14,21,29H,2,13H2,1H3,(H2,25,27). The van der Waals surface area contributed by atoms with Crippen molar-refractivity contribution in [2.75, 3.05) is 11.5 Å². The first-order valence-corrected chi connectivity index (χ1v) is 11.2. The first-order valence-electron chi connectivity index (χ1n) is 10.3. The Balaban J connectivity index is 1.45. The lowest BCUT2D eigenvalue weighted by Gasteiger charge is -2.15. The number of imide groups is 1. The molecular formula is C24H22N4O4S. The number of hydrogen-bond acceptors (Lipinski definition) is 7. The fraction of sp³-hybridized carbons (Fsp3) is 0.167. The highest BCUT2D eigenvalue weighted by atomic mass is 32.2. The van der Waals surface area contributed by atoms with Gasteiger partial charge in [0.25, 0.3) is 0 Å². The van der Waals surface area contributed by atoms with E-state index in [0.717, 1.165) is 27.4 Å². The average molecular weight is 463 g/mol. The summed E-state index contributed by atoms with van der Waals surface area (Å²) in [6.07, 6.45) is 1.43. The van der Waals surface area contributed by atoms with Crippen molar-refractivity contribution >= 4 is 51.4 Å². The van der Waals surface area contributed by atoms with E-state index in [1.54, 1.807) is 30.3 Å². The van der Waals surface area contributed by atoms with Gasteiger partial charge in [0, 0.05) is 12.0 Å². The highest BCUT2D eigenvalue weighted by molar-refractivity contribution is 8.14. The summed E-state index contributed by atoms with van der Waals surface area (Å²) in [4.78, 5) is 26.4. The Bertz CT molecular complexity index is 1260. The third-order valence-corrected chi connectivity index (χ3v) is 6.04. The first-order chi connectivity index (χ1) is 16.0. The maximum atomic E-state index is 12.8. The van der Waals surface area contributed by atoms with Gasteiger partial charge in [-0.05, 0) is 48.0 Å². The van der Waals surface area contributed by atoms with Crippen molar-refractivity contribution in [1.29, 1.82) is 0 Å². The third-order valence-electron chi connectivity index (χ3n) is 5.06. The lowest BCUT2D eigenvalue weighted by Crippen LogP contribution is -2.31. The second-order valence-electron chi connectivity index (χ2n) is 7.21. The van der Waals surface area contributed by atoms with E-state index in [2.05, 4.69) is 10.2 Å². The summed E-state index contributed by atoms with van der Waals surface area (Å²) in [5, 5.41) is 19.2. The Kier molecular flexibility index (Phi) is 6.60. The summed E-state index contributed by atoms with van der Waals surface area (Å²) >= 11 is 0.986. The molecule has 8 nitrogen and oxygen atoms in total. The number of ether oxygens (including phenoxy) is 1. The molecule has 168 valence electrons. The van der Waals surface area contributed by atoms with Gasteiger partial charge in [0.15, 0.2) is 5.17 Å². The van der Waals surface area contributed by atoms with Gasteiger partial charge in [-0.25, -0.2) is 4.90 Å². The maximum Gasteiger partial charge on any atom is 0.247 e. The van der Waals surface area contributed by atoms with Gasteiger partial charge in [-0.2, -0.15) is 5.10 Å². The molecule has 9 heteroatoms. The molecule has 4 rings (SSSR count). The Morgan fingerprint density at radius 3 is 2.70 bits per heavy atom. The van der Waals surface area contributed by atoms with Gasteiger partial charge < -0.3 is 15.6 Å². The van der Waals surface area contributed by atoms with Crippen molar-refractivity contribution in [1.82, 2.24) is 0 Å². The minimum absolute atomic E-state index is 0.0146. The van der Waals surface area contributed by atoms with E-state index in [1.165, 1.54) is 6.21 Å². The number of carbonyl (C=O) groups excluding carboxylic acids is 2. The van der Waals surface area contributed by atoms with Crippen LogP contribution in [0.1, 0.15) is 18.9 Å². The van der Waals surface area contributed by atoms with Crippen molar-refractivity contribution in [2.45, 2.75) is 18.6 Å². The van der Waals surface area contributed by atoms with E-state index in [9.17, 15) is 14.7 Å². The van der Waals surface area contributed by atoms with Crippen LogP contribution in [0, 0.1) is 0 Å². The number of phenolic OH excluding ortho intramolecular Hbond substituents is 1. The molecule has 0 saturated carbocycles. The van der Waals surface area contributed by atoms with E-state index in [-0.39, 0.29) is 29.2 Å². The van der Waals surface area contributed by atoms with Gasteiger partial charge in [0.1, 0.15) is 16.7 Å². The van der Waals surface area contributed by atoms with Gasteiger partial charge >= 0.3 is 0 Å². The zero-order chi connectivity index (χ0) is 23.4. The average Bonchev–Trinajstić information content (AvgIpc) is 3.08. The second kappa shape index (κ2) is 9.74. The minimum Gasteiger partial charge on any atom is -0.507 e. The summed E-state index contributed by atoms with van der Waals surface area (Å²) in [7, 11) is 0. The molecule has 3 aromatic rings. The number of fused-ring (bicyclic) bond motifs is 1. The number of aromatic hydroxyl groups is 1. The van der Waals surface area contributed by atoms with Gasteiger partial charge in [-0.3, -0.25) is 9.59 Å². The topological polar surface area (TPSA) is 118 Å². The molecule has 0 aromatic heterocycles. The molecule has 1 unspecified atom stereocenters. The smallest absolute Gasteiger partial charge is 0.247 e. The second-order valence-corrected chi connectivity index (χ2v) is 8.43. The van der Waals surface area contributed by atoms with E-state index in [0.29, 0.717) is 23.6 Å². The molecule has 0 spiro atoms. The number of carbonyl (C=O) groups is 2. The largest absolute Gasteiger partial charge is 0.507 e. The molecule has 1 heterocycles. The van der Waals surface area contributed by atoms with Crippen LogP contribution in [0.4, 0.5) is 5.69 Å².